The standard InChI is InChI=1S/C27H48O4/c1-11-18(2)12-19(3)13-20(4)14-21(5)15-22(6)16-24(17-23(7)25(28)29)26(30)31-27(8,9)10/h15-16,18-21,23H,11-14,17H2,1-10H3,(H,28,29)/b22-15+,24-16+. The number of esters is 1. The van der Waals surface area contributed by atoms with Gasteiger partial charge in [-0.2, -0.15) is 0 Å². The first-order valence-corrected chi connectivity index (χ1v) is 12.0. The lowest BCUT2D eigenvalue weighted by molar-refractivity contribution is -0.150. The Morgan fingerprint density at radius 1 is 0.935 bits per heavy atom. The molecular weight excluding hydrogens is 388 g/mol. The molecule has 0 spiro atoms. The lowest BCUT2D eigenvalue weighted by atomic mass is 9.84. The number of carbonyl (C=O) groups is 2. The van der Waals surface area contributed by atoms with E-state index in [1.165, 1.54) is 19.3 Å². The van der Waals surface area contributed by atoms with Crippen molar-refractivity contribution in [3.8, 4) is 0 Å². The predicted octanol–water partition coefficient (Wildman–Crippen LogP) is 7.44. The van der Waals surface area contributed by atoms with Crippen molar-refractivity contribution in [1.82, 2.24) is 0 Å². The molecule has 0 bridgehead atoms. The molecule has 0 aliphatic rings. The fourth-order valence-corrected chi connectivity index (χ4v) is 4.17. The molecule has 0 rings (SSSR count). The maximum absolute atomic E-state index is 12.6. The average Bonchev–Trinajstić information content (AvgIpc) is 2.58. The van der Waals surface area contributed by atoms with Crippen LogP contribution in [0.2, 0.25) is 0 Å². The van der Waals surface area contributed by atoms with Crippen LogP contribution >= 0.6 is 0 Å². The third-order valence-electron chi connectivity index (χ3n) is 5.64. The normalized spacial score (nSPS) is 18.1. The number of carboxylic acid groups (broad SMARTS) is 1. The van der Waals surface area contributed by atoms with E-state index >= 15 is 0 Å². The van der Waals surface area contributed by atoms with Crippen LogP contribution < -0.4 is 0 Å². The van der Waals surface area contributed by atoms with Crippen LogP contribution in [-0.4, -0.2) is 22.6 Å². The van der Waals surface area contributed by atoms with E-state index in [9.17, 15) is 14.7 Å². The van der Waals surface area contributed by atoms with E-state index in [4.69, 9.17) is 4.74 Å². The summed E-state index contributed by atoms with van der Waals surface area (Å²) in [5.74, 6) is 0.553. The minimum atomic E-state index is -0.912. The van der Waals surface area contributed by atoms with Crippen LogP contribution in [0.4, 0.5) is 0 Å². The highest BCUT2D eigenvalue weighted by atomic mass is 16.6. The maximum atomic E-state index is 12.6. The maximum Gasteiger partial charge on any atom is 0.334 e. The van der Waals surface area contributed by atoms with Gasteiger partial charge in [-0.05, 0) is 83.1 Å². The van der Waals surface area contributed by atoms with Crippen molar-refractivity contribution in [2.24, 2.45) is 29.6 Å². The van der Waals surface area contributed by atoms with E-state index in [0.717, 1.165) is 23.8 Å². The number of carbonyl (C=O) groups excluding carboxylic acids is 1. The predicted molar refractivity (Wildman–Crippen MR) is 130 cm³/mol. The van der Waals surface area contributed by atoms with Crippen LogP contribution in [-0.2, 0) is 14.3 Å². The Morgan fingerprint density at radius 2 is 1.45 bits per heavy atom. The van der Waals surface area contributed by atoms with E-state index in [2.05, 4.69) is 40.7 Å². The number of ether oxygens (including phenoxy) is 1. The molecule has 0 saturated carbocycles. The van der Waals surface area contributed by atoms with E-state index in [-0.39, 0.29) is 6.42 Å². The largest absolute Gasteiger partial charge is 0.481 e. The summed E-state index contributed by atoms with van der Waals surface area (Å²) in [6.07, 6.45) is 9.01. The molecule has 4 nitrogen and oxygen atoms in total. The molecule has 4 heteroatoms. The van der Waals surface area contributed by atoms with Gasteiger partial charge in [0, 0.05) is 5.57 Å². The summed E-state index contributed by atoms with van der Waals surface area (Å²) in [4.78, 5) is 23.9. The Labute approximate surface area is 191 Å². The molecular formula is C27H48O4. The first-order valence-electron chi connectivity index (χ1n) is 12.0. The van der Waals surface area contributed by atoms with Crippen LogP contribution in [0.25, 0.3) is 0 Å². The molecule has 1 N–H and O–H groups in total. The Morgan fingerprint density at radius 3 is 1.94 bits per heavy atom. The molecule has 0 radical (unpaired) electrons. The van der Waals surface area contributed by atoms with Gasteiger partial charge >= 0.3 is 11.9 Å². The fraction of sp³-hybridized carbons (Fsp3) is 0.778. The lowest BCUT2D eigenvalue weighted by Gasteiger charge is -2.22. The van der Waals surface area contributed by atoms with E-state index in [0.29, 0.717) is 17.4 Å². The first kappa shape index (κ1) is 29.4. The van der Waals surface area contributed by atoms with Gasteiger partial charge in [0.25, 0.3) is 0 Å². The first-order chi connectivity index (χ1) is 14.1. The second-order valence-corrected chi connectivity index (χ2v) is 10.9. The molecule has 0 heterocycles. The monoisotopic (exact) mass is 436 g/mol. The molecule has 5 unspecified atom stereocenters. The molecule has 0 saturated heterocycles. The number of hydrogen-bond acceptors (Lipinski definition) is 3. The van der Waals surface area contributed by atoms with Crippen LogP contribution in [0.1, 0.15) is 101 Å². The zero-order valence-electron chi connectivity index (χ0n) is 21.7. The topological polar surface area (TPSA) is 63.6 Å². The van der Waals surface area contributed by atoms with Crippen molar-refractivity contribution in [1.29, 1.82) is 0 Å². The summed E-state index contributed by atoms with van der Waals surface area (Å²) in [6.45, 7) is 20.5. The van der Waals surface area contributed by atoms with Crippen LogP contribution in [0.5, 0.6) is 0 Å². The van der Waals surface area contributed by atoms with Crippen molar-refractivity contribution in [3.63, 3.8) is 0 Å². The molecule has 0 aliphatic carbocycles. The third kappa shape index (κ3) is 14.2. The van der Waals surface area contributed by atoms with Gasteiger partial charge in [-0.1, -0.05) is 59.6 Å². The quantitative estimate of drug-likeness (QED) is 0.185. The summed E-state index contributed by atoms with van der Waals surface area (Å²) in [5.41, 5.74) is 0.779. The van der Waals surface area contributed by atoms with Crippen molar-refractivity contribution >= 4 is 11.9 Å². The number of aliphatic carboxylic acids is 1. The molecule has 0 aromatic carbocycles. The van der Waals surface area contributed by atoms with Gasteiger partial charge < -0.3 is 9.84 Å². The summed E-state index contributed by atoms with van der Waals surface area (Å²) in [6, 6.07) is 0. The smallest absolute Gasteiger partial charge is 0.334 e. The van der Waals surface area contributed by atoms with Gasteiger partial charge in [-0.3, -0.25) is 4.79 Å². The van der Waals surface area contributed by atoms with Crippen LogP contribution in [0, 0.1) is 29.6 Å². The molecule has 0 aromatic rings. The zero-order valence-corrected chi connectivity index (χ0v) is 21.7. The molecule has 31 heavy (non-hydrogen) atoms. The molecule has 0 aliphatic heterocycles. The number of rotatable bonds is 13. The minimum absolute atomic E-state index is 0.160. The van der Waals surface area contributed by atoms with E-state index in [1.54, 1.807) is 13.0 Å². The van der Waals surface area contributed by atoms with Crippen LogP contribution in [0.15, 0.2) is 23.3 Å². The second-order valence-electron chi connectivity index (χ2n) is 10.9. The van der Waals surface area contributed by atoms with Gasteiger partial charge in [0.2, 0.25) is 0 Å². The van der Waals surface area contributed by atoms with Gasteiger partial charge in [0.15, 0.2) is 0 Å². The molecule has 0 aromatic heterocycles. The zero-order chi connectivity index (χ0) is 24.4. The number of allylic oxidation sites excluding steroid dienone is 3. The summed E-state index contributed by atoms with van der Waals surface area (Å²) >= 11 is 0. The molecule has 0 amide bonds. The average molecular weight is 437 g/mol. The highest BCUT2D eigenvalue weighted by molar-refractivity contribution is 5.90. The Balaban J connectivity index is 5.21. The van der Waals surface area contributed by atoms with Crippen molar-refractivity contribution in [2.75, 3.05) is 0 Å². The molecule has 180 valence electrons. The third-order valence-corrected chi connectivity index (χ3v) is 5.64. The number of carboxylic acids is 1. The Hall–Kier alpha value is -1.58. The van der Waals surface area contributed by atoms with E-state index in [1.807, 2.05) is 27.7 Å². The van der Waals surface area contributed by atoms with Crippen molar-refractivity contribution < 1.29 is 19.4 Å². The Bertz CT molecular complexity index is 624. The van der Waals surface area contributed by atoms with Crippen molar-refractivity contribution in [3.05, 3.63) is 23.3 Å². The second kappa shape index (κ2) is 13.8. The minimum Gasteiger partial charge on any atom is -0.481 e. The van der Waals surface area contributed by atoms with Gasteiger partial charge in [0.05, 0.1) is 5.92 Å². The van der Waals surface area contributed by atoms with Crippen molar-refractivity contribution in [2.45, 2.75) is 107 Å². The molecule has 5 atom stereocenters. The molecule has 0 fully saturated rings. The SMILES string of the molecule is CCC(C)CC(C)CC(C)CC(C)/C=C(C)/C=C(\CC(C)C(=O)O)C(=O)OC(C)(C)C. The van der Waals surface area contributed by atoms with Gasteiger partial charge in [0.1, 0.15) is 5.60 Å². The van der Waals surface area contributed by atoms with Gasteiger partial charge in [-0.25, -0.2) is 4.79 Å². The highest BCUT2D eigenvalue weighted by Crippen LogP contribution is 2.26. The Kier molecular flexibility index (Phi) is 13.0. The number of hydrogen-bond donors (Lipinski definition) is 1. The lowest BCUT2D eigenvalue weighted by Crippen LogP contribution is -2.26. The highest BCUT2D eigenvalue weighted by Gasteiger charge is 2.23. The summed E-state index contributed by atoms with van der Waals surface area (Å²) in [7, 11) is 0. The van der Waals surface area contributed by atoms with Crippen LogP contribution in [0.3, 0.4) is 0 Å². The van der Waals surface area contributed by atoms with E-state index < -0.39 is 23.5 Å². The summed E-state index contributed by atoms with van der Waals surface area (Å²) in [5, 5.41) is 9.27. The fourth-order valence-electron chi connectivity index (χ4n) is 4.17. The van der Waals surface area contributed by atoms with Gasteiger partial charge in [-0.15, -0.1) is 0 Å². The summed E-state index contributed by atoms with van der Waals surface area (Å²) < 4.78 is 5.51.